The number of aromatic carboxylic acids is 1. The first kappa shape index (κ1) is 17.1. The van der Waals surface area contributed by atoms with Crippen LogP contribution in [0.1, 0.15) is 47.2 Å². The zero-order valence-corrected chi connectivity index (χ0v) is 14.3. The van der Waals surface area contributed by atoms with E-state index in [-0.39, 0.29) is 16.1 Å². The Kier molecular flexibility index (Phi) is 4.85. The Morgan fingerprint density at radius 1 is 1.22 bits per heavy atom. The van der Waals surface area contributed by atoms with Crippen LogP contribution in [0.25, 0.3) is 0 Å². The molecule has 2 rings (SSSR count). The minimum absolute atomic E-state index is 0.0325. The van der Waals surface area contributed by atoms with Gasteiger partial charge in [-0.15, -0.1) is 11.8 Å². The molecule has 0 aliphatic carbocycles. The minimum Gasteiger partial charge on any atom is -0.478 e. The zero-order chi connectivity index (χ0) is 17.2. The molecular formula is C17H19NO4S. The van der Waals surface area contributed by atoms with Crippen molar-refractivity contribution in [3.8, 4) is 0 Å². The SMILES string of the molecule is Cc1cc(SC(C)(C)C)ccc1NC(=O)c1cc(C(=O)O)co1. The third-order valence-electron chi connectivity index (χ3n) is 2.94. The van der Waals surface area contributed by atoms with Crippen molar-refractivity contribution >= 4 is 29.3 Å². The summed E-state index contributed by atoms with van der Waals surface area (Å²) in [6.07, 6.45) is 1.05. The van der Waals surface area contributed by atoms with Crippen LogP contribution in [0.2, 0.25) is 0 Å². The van der Waals surface area contributed by atoms with E-state index in [0.29, 0.717) is 5.69 Å². The van der Waals surface area contributed by atoms with E-state index in [1.165, 1.54) is 6.07 Å². The molecule has 1 heterocycles. The molecule has 23 heavy (non-hydrogen) atoms. The van der Waals surface area contributed by atoms with Gasteiger partial charge in [0.05, 0.1) is 5.56 Å². The molecule has 0 saturated carbocycles. The lowest BCUT2D eigenvalue weighted by Crippen LogP contribution is -2.12. The van der Waals surface area contributed by atoms with Crippen molar-refractivity contribution in [1.82, 2.24) is 0 Å². The number of furan rings is 1. The average Bonchev–Trinajstić information content (AvgIpc) is 2.90. The molecule has 1 aromatic carbocycles. The number of carbonyl (C=O) groups excluding carboxylic acids is 1. The maximum absolute atomic E-state index is 12.1. The third-order valence-corrected chi connectivity index (χ3v) is 4.04. The Morgan fingerprint density at radius 2 is 1.91 bits per heavy atom. The Labute approximate surface area is 139 Å². The fourth-order valence-corrected chi connectivity index (χ4v) is 3.02. The second-order valence-corrected chi connectivity index (χ2v) is 8.05. The van der Waals surface area contributed by atoms with Crippen molar-refractivity contribution in [3.63, 3.8) is 0 Å². The van der Waals surface area contributed by atoms with Gasteiger partial charge in [-0.3, -0.25) is 4.79 Å². The predicted molar refractivity (Wildman–Crippen MR) is 90.4 cm³/mol. The molecule has 6 heteroatoms. The van der Waals surface area contributed by atoms with Gasteiger partial charge in [-0.2, -0.15) is 0 Å². The quantitative estimate of drug-likeness (QED) is 0.809. The number of anilines is 1. The lowest BCUT2D eigenvalue weighted by Gasteiger charge is -2.18. The molecule has 0 aliphatic heterocycles. The number of carboxylic acids is 1. The Balaban J connectivity index is 2.13. The number of aryl methyl sites for hydroxylation is 1. The smallest absolute Gasteiger partial charge is 0.338 e. The van der Waals surface area contributed by atoms with Crippen LogP contribution in [0, 0.1) is 6.92 Å². The molecule has 0 spiro atoms. The number of hydrogen-bond donors (Lipinski definition) is 2. The van der Waals surface area contributed by atoms with Crippen molar-refractivity contribution in [3.05, 3.63) is 47.4 Å². The van der Waals surface area contributed by atoms with Crippen LogP contribution in [-0.4, -0.2) is 21.7 Å². The molecule has 0 fully saturated rings. The number of amides is 1. The summed E-state index contributed by atoms with van der Waals surface area (Å²) in [4.78, 5) is 24.0. The van der Waals surface area contributed by atoms with Crippen LogP contribution >= 0.6 is 11.8 Å². The molecule has 2 aromatic rings. The summed E-state index contributed by atoms with van der Waals surface area (Å²) >= 11 is 1.75. The lowest BCUT2D eigenvalue weighted by atomic mass is 10.2. The van der Waals surface area contributed by atoms with Crippen LogP contribution in [-0.2, 0) is 0 Å². The fraction of sp³-hybridized carbons (Fsp3) is 0.294. The second kappa shape index (κ2) is 6.50. The van der Waals surface area contributed by atoms with E-state index in [1.807, 2.05) is 25.1 Å². The summed E-state index contributed by atoms with van der Waals surface area (Å²) in [5, 5.41) is 11.6. The van der Waals surface area contributed by atoms with E-state index < -0.39 is 11.9 Å². The van der Waals surface area contributed by atoms with Crippen LogP contribution < -0.4 is 5.32 Å². The van der Waals surface area contributed by atoms with Crippen molar-refractivity contribution in [2.45, 2.75) is 37.3 Å². The summed E-state index contributed by atoms with van der Waals surface area (Å²) < 4.78 is 5.10. The number of carboxylic acid groups (broad SMARTS) is 1. The molecule has 0 unspecified atom stereocenters. The molecule has 1 aromatic heterocycles. The number of rotatable bonds is 4. The van der Waals surface area contributed by atoms with Crippen LogP contribution in [0.15, 0.2) is 39.8 Å². The van der Waals surface area contributed by atoms with E-state index in [2.05, 4.69) is 26.1 Å². The summed E-state index contributed by atoms with van der Waals surface area (Å²) in [6, 6.07) is 7.00. The van der Waals surface area contributed by atoms with Crippen molar-refractivity contribution in [2.75, 3.05) is 5.32 Å². The maximum Gasteiger partial charge on any atom is 0.338 e. The van der Waals surface area contributed by atoms with Crippen molar-refractivity contribution in [2.24, 2.45) is 0 Å². The standard InChI is InChI=1S/C17H19NO4S/c1-10-7-12(23-17(2,3)4)5-6-13(10)18-15(19)14-8-11(9-22-14)16(20)21/h5-9H,1-4H3,(H,18,19)(H,20,21). The number of carbonyl (C=O) groups is 2. The topological polar surface area (TPSA) is 79.5 Å². The predicted octanol–water partition coefficient (Wildman–Crippen LogP) is 4.43. The van der Waals surface area contributed by atoms with Gasteiger partial charge in [0.1, 0.15) is 6.26 Å². The number of thioether (sulfide) groups is 1. The molecule has 1 amide bonds. The zero-order valence-electron chi connectivity index (χ0n) is 13.5. The van der Waals surface area contributed by atoms with E-state index in [9.17, 15) is 9.59 Å². The van der Waals surface area contributed by atoms with Gasteiger partial charge in [-0.05, 0) is 30.7 Å². The largest absolute Gasteiger partial charge is 0.478 e. The Bertz CT molecular complexity index is 743. The summed E-state index contributed by atoms with van der Waals surface area (Å²) in [6.45, 7) is 8.33. The van der Waals surface area contributed by atoms with Gasteiger partial charge in [0.2, 0.25) is 0 Å². The third kappa shape index (κ3) is 4.63. The first-order chi connectivity index (χ1) is 10.7. The molecule has 0 atom stereocenters. The van der Waals surface area contributed by atoms with Gasteiger partial charge in [-0.1, -0.05) is 20.8 Å². The van der Waals surface area contributed by atoms with Gasteiger partial charge >= 0.3 is 5.97 Å². The average molecular weight is 333 g/mol. The molecule has 2 N–H and O–H groups in total. The van der Waals surface area contributed by atoms with E-state index >= 15 is 0 Å². The van der Waals surface area contributed by atoms with Gasteiger partial charge in [0.25, 0.3) is 5.91 Å². The van der Waals surface area contributed by atoms with Gasteiger partial charge < -0.3 is 14.8 Å². The Hall–Kier alpha value is -2.21. The van der Waals surface area contributed by atoms with Gasteiger partial charge in [0.15, 0.2) is 5.76 Å². The summed E-state index contributed by atoms with van der Waals surface area (Å²) in [5.41, 5.74) is 1.54. The normalized spacial score (nSPS) is 11.3. The van der Waals surface area contributed by atoms with Crippen molar-refractivity contribution < 1.29 is 19.1 Å². The first-order valence-electron chi connectivity index (χ1n) is 7.08. The van der Waals surface area contributed by atoms with Crippen LogP contribution in [0.4, 0.5) is 5.69 Å². The van der Waals surface area contributed by atoms with E-state index in [1.54, 1.807) is 11.8 Å². The molecular weight excluding hydrogens is 314 g/mol. The summed E-state index contributed by atoms with van der Waals surface area (Å²) in [7, 11) is 0. The van der Waals surface area contributed by atoms with E-state index in [0.717, 1.165) is 16.7 Å². The maximum atomic E-state index is 12.1. The highest BCUT2D eigenvalue weighted by Crippen LogP contribution is 2.33. The van der Waals surface area contributed by atoms with Gasteiger partial charge in [0, 0.05) is 21.4 Å². The van der Waals surface area contributed by atoms with Crippen molar-refractivity contribution in [1.29, 1.82) is 0 Å². The second-order valence-electron chi connectivity index (χ2n) is 6.15. The minimum atomic E-state index is -1.13. The molecule has 0 radical (unpaired) electrons. The van der Waals surface area contributed by atoms with E-state index in [4.69, 9.17) is 9.52 Å². The molecule has 5 nitrogen and oxygen atoms in total. The highest BCUT2D eigenvalue weighted by Gasteiger charge is 2.16. The van der Waals surface area contributed by atoms with Crippen LogP contribution in [0.3, 0.4) is 0 Å². The number of hydrogen-bond acceptors (Lipinski definition) is 4. The highest BCUT2D eigenvalue weighted by molar-refractivity contribution is 8.00. The monoisotopic (exact) mass is 333 g/mol. The summed E-state index contributed by atoms with van der Waals surface area (Å²) in [5.74, 6) is -1.64. The molecule has 122 valence electrons. The number of nitrogens with one attached hydrogen (secondary N) is 1. The fourth-order valence-electron chi connectivity index (χ4n) is 1.94. The first-order valence-corrected chi connectivity index (χ1v) is 7.90. The lowest BCUT2D eigenvalue weighted by molar-refractivity contribution is 0.0696. The molecule has 0 aliphatic rings. The Morgan fingerprint density at radius 3 is 2.43 bits per heavy atom. The molecule has 0 saturated heterocycles. The number of benzene rings is 1. The molecule has 0 bridgehead atoms. The highest BCUT2D eigenvalue weighted by atomic mass is 32.2. The van der Waals surface area contributed by atoms with Crippen LogP contribution in [0.5, 0.6) is 0 Å². The van der Waals surface area contributed by atoms with Gasteiger partial charge in [-0.25, -0.2) is 4.79 Å².